The summed E-state index contributed by atoms with van der Waals surface area (Å²) in [5.74, 6) is -0.0659. The van der Waals surface area contributed by atoms with E-state index in [4.69, 9.17) is 16.3 Å². The number of hydrogen-bond acceptors (Lipinski definition) is 2. The normalized spacial score (nSPS) is 17.1. The fourth-order valence-electron chi connectivity index (χ4n) is 2.79. The van der Waals surface area contributed by atoms with Crippen molar-refractivity contribution in [3.8, 4) is 5.75 Å². The first kappa shape index (κ1) is 13.2. The van der Waals surface area contributed by atoms with E-state index in [1.54, 1.807) is 13.2 Å². The Morgan fingerprint density at radius 1 is 1.39 bits per heavy atom. The summed E-state index contributed by atoms with van der Waals surface area (Å²) in [7, 11) is 1.59. The lowest BCUT2D eigenvalue weighted by Gasteiger charge is -2.39. The van der Waals surface area contributed by atoms with Crippen LogP contribution in [0.5, 0.6) is 5.75 Å². The molecule has 98 valence electrons. The molecule has 2 rings (SSSR count). The fourth-order valence-corrected chi connectivity index (χ4v) is 2.98. The highest BCUT2D eigenvalue weighted by molar-refractivity contribution is 6.31. The number of benzene rings is 1. The van der Waals surface area contributed by atoms with E-state index in [-0.39, 0.29) is 0 Å². The lowest BCUT2D eigenvalue weighted by Crippen LogP contribution is -2.43. The SMILES string of the molecule is COc1c(C)c(Cl)cc(C2(C(=O)O)CCC2)c1C. The van der Waals surface area contributed by atoms with Crippen LogP contribution in [0.2, 0.25) is 5.02 Å². The van der Waals surface area contributed by atoms with Crippen molar-refractivity contribution in [2.24, 2.45) is 0 Å². The van der Waals surface area contributed by atoms with Crippen LogP contribution >= 0.6 is 11.6 Å². The van der Waals surface area contributed by atoms with Crippen LogP contribution in [0.15, 0.2) is 6.07 Å². The Labute approximate surface area is 112 Å². The van der Waals surface area contributed by atoms with Crippen molar-refractivity contribution in [3.63, 3.8) is 0 Å². The summed E-state index contributed by atoms with van der Waals surface area (Å²) in [6, 6.07) is 1.79. The summed E-state index contributed by atoms with van der Waals surface area (Å²) in [6.07, 6.45) is 2.29. The minimum atomic E-state index is -0.769. The number of carboxylic acid groups (broad SMARTS) is 1. The molecule has 1 aromatic rings. The van der Waals surface area contributed by atoms with Crippen molar-refractivity contribution in [2.45, 2.75) is 38.5 Å². The zero-order valence-corrected chi connectivity index (χ0v) is 11.6. The molecule has 1 aromatic carbocycles. The standard InChI is InChI=1S/C14H17ClO3/c1-8-10(14(13(16)17)5-4-6-14)7-11(15)9(2)12(8)18-3/h7H,4-6H2,1-3H3,(H,16,17). The zero-order chi connectivity index (χ0) is 13.5. The van der Waals surface area contributed by atoms with E-state index in [1.165, 1.54) is 0 Å². The van der Waals surface area contributed by atoms with Crippen LogP contribution in [0.25, 0.3) is 0 Å². The lowest BCUT2D eigenvalue weighted by molar-refractivity contribution is -0.147. The molecule has 0 unspecified atom stereocenters. The van der Waals surface area contributed by atoms with E-state index in [0.717, 1.165) is 23.1 Å². The molecule has 1 N–H and O–H groups in total. The van der Waals surface area contributed by atoms with Crippen molar-refractivity contribution in [3.05, 3.63) is 27.8 Å². The quantitative estimate of drug-likeness (QED) is 0.913. The Bertz CT molecular complexity index is 504. The second kappa shape index (κ2) is 4.47. The Kier molecular flexibility index (Phi) is 3.28. The number of halogens is 1. The number of methoxy groups -OCH3 is 1. The Hall–Kier alpha value is -1.22. The van der Waals surface area contributed by atoms with E-state index in [9.17, 15) is 9.90 Å². The second-order valence-corrected chi connectivity index (χ2v) is 5.34. The number of ether oxygens (including phenoxy) is 1. The maximum absolute atomic E-state index is 11.6. The summed E-state index contributed by atoms with van der Waals surface area (Å²) in [6.45, 7) is 3.78. The van der Waals surface area contributed by atoms with Crippen LogP contribution in [0, 0.1) is 13.8 Å². The van der Waals surface area contributed by atoms with E-state index >= 15 is 0 Å². The molecule has 18 heavy (non-hydrogen) atoms. The van der Waals surface area contributed by atoms with Crippen LogP contribution < -0.4 is 4.74 Å². The average molecular weight is 269 g/mol. The van der Waals surface area contributed by atoms with Crippen molar-refractivity contribution >= 4 is 17.6 Å². The van der Waals surface area contributed by atoms with Gasteiger partial charge in [-0.2, -0.15) is 0 Å². The molecule has 0 aromatic heterocycles. The van der Waals surface area contributed by atoms with Crippen LogP contribution in [0.1, 0.15) is 36.0 Å². The molecule has 0 atom stereocenters. The van der Waals surface area contributed by atoms with Crippen LogP contribution in [0.3, 0.4) is 0 Å². The number of carbonyl (C=O) groups is 1. The number of aliphatic carboxylic acids is 1. The molecule has 0 radical (unpaired) electrons. The summed E-state index contributed by atoms with van der Waals surface area (Å²) in [5, 5.41) is 10.1. The molecule has 1 aliphatic rings. The molecule has 0 spiro atoms. The maximum atomic E-state index is 11.6. The first-order valence-corrected chi connectivity index (χ1v) is 6.39. The third kappa shape index (κ3) is 1.69. The number of hydrogen-bond donors (Lipinski definition) is 1. The number of carboxylic acids is 1. The van der Waals surface area contributed by atoms with Gasteiger partial charge in [-0.15, -0.1) is 0 Å². The largest absolute Gasteiger partial charge is 0.496 e. The van der Waals surface area contributed by atoms with Gasteiger partial charge in [0.1, 0.15) is 5.75 Å². The second-order valence-electron chi connectivity index (χ2n) is 4.93. The summed E-state index contributed by atoms with van der Waals surface area (Å²) >= 11 is 6.19. The third-order valence-corrected chi connectivity index (χ3v) is 4.44. The smallest absolute Gasteiger partial charge is 0.314 e. The molecule has 1 aliphatic carbocycles. The fraction of sp³-hybridized carbons (Fsp3) is 0.500. The van der Waals surface area contributed by atoms with Gasteiger partial charge in [0.15, 0.2) is 0 Å². The predicted octanol–water partition coefficient (Wildman–Crippen LogP) is 3.47. The minimum absolute atomic E-state index is 0.569. The van der Waals surface area contributed by atoms with Gasteiger partial charge in [0.05, 0.1) is 12.5 Å². The molecule has 0 amide bonds. The monoisotopic (exact) mass is 268 g/mol. The molecule has 4 heteroatoms. The molecule has 1 fully saturated rings. The van der Waals surface area contributed by atoms with Crippen LogP contribution in [0.4, 0.5) is 0 Å². The van der Waals surface area contributed by atoms with Gasteiger partial charge in [0, 0.05) is 10.6 Å². The predicted molar refractivity (Wildman–Crippen MR) is 70.6 cm³/mol. The molecule has 3 nitrogen and oxygen atoms in total. The van der Waals surface area contributed by atoms with Gasteiger partial charge in [0.2, 0.25) is 0 Å². The Balaban J connectivity index is 2.65. The van der Waals surface area contributed by atoms with Gasteiger partial charge in [-0.25, -0.2) is 0 Å². The molecule has 1 saturated carbocycles. The molecule has 0 saturated heterocycles. The molecule has 0 heterocycles. The van der Waals surface area contributed by atoms with Gasteiger partial charge < -0.3 is 9.84 Å². The summed E-state index contributed by atoms with van der Waals surface area (Å²) < 4.78 is 5.36. The number of rotatable bonds is 3. The van der Waals surface area contributed by atoms with Crippen molar-refractivity contribution < 1.29 is 14.6 Å². The first-order chi connectivity index (χ1) is 8.44. The zero-order valence-electron chi connectivity index (χ0n) is 10.8. The summed E-state index contributed by atoms with van der Waals surface area (Å²) in [4.78, 5) is 11.6. The first-order valence-electron chi connectivity index (χ1n) is 6.01. The van der Waals surface area contributed by atoms with Gasteiger partial charge in [0.25, 0.3) is 0 Å². The van der Waals surface area contributed by atoms with Crippen molar-refractivity contribution in [1.82, 2.24) is 0 Å². The average Bonchev–Trinajstić information content (AvgIpc) is 2.24. The molecule has 0 aliphatic heterocycles. The maximum Gasteiger partial charge on any atom is 0.314 e. The van der Waals surface area contributed by atoms with E-state index in [1.807, 2.05) is 13.8 Å². The highest BCUT2D eigenvalue weighted by atomic mass is 35.5. The van der Waals surface area contributed by atoms with Crippen molar-refractivity contribution in [1.29, 1.82) is 0 Å². The molecule has 0 bridgehead atoms. The molecular formula is C14H17ClO3. The highest BCUT2D eigenvalue weighted by Crippen LogP contribution is 2.48. The van der Waals surface area contributed by atoms with Crippen LogP contribution in [-0.4, -0.2) is 18.2 Å². The summed E-state index contributed by atoms with van der Waals surface area (Å²) in [5.41, 5.74) is 1.78. The topological polar surface area (TPSA) is 46.5 Å². The van der Waals surface area contributed by atoms with E-state index < -0.39 is 11.4 Å². The highest BCUT2D eigenvalue weighted by Gasteiger charge is 2.47. The lowest BCUT2D eigenvalue weighted by atomic mass is 9.63. The van der Waals surface area contributed by atoms with Gasteiger partial charge >= 0.3 is 5.97 Å². The van der Waals surface area contributed by atoms with E-state index in [2.05, 4.69) is 0 Å². The van der Waals surface area contributed by atoms with E-state index in [0.29, 0.717) is 23.6 Å². The van der Waals surface area contributed by atoms with Crippen LogP contribution in [-0.2, 0) is 10.2 Å². The minimum Gasteiger partial charge on any atom is -0.496 e. The Morgan fingerprint density at radius 2 is 2.00 bits per heavy atom. The Morgan fingerprint density at radius 3 is 2.39 bits per heavy atom. The van der Waals surface area contributed by atoms with Gasteiger partial charge in [-0.05, 0) is 43.9 Å². The third-order valence-electron chi connectivity index (χ3n) is 4.05. The van der Waals surface area contributed by atoms with Gasteiger partial charge in [-0.3, -0.25) is 4.79 Å². The van der Waals surface area contributed by atoms with Crippen molar-refractivity contribution in [2.75, 3.05) is 7.11 Å². The van der Waals surface area contributed by atoms with Gasteiger partial charge in [-0.1, -0.05) is 18.0 Å². The molecular weight excluding hydrogens is 252 g/mol.